The molecule has 6 heteroatoms. The highest BCUT2D eigenvalue weighted by molar-refractivity contribution is 9.10. The number of pyridine rings is 1. The van der Waals surface area contributed by atoms with Crippen molar-refractivity contribution < 1.29 is 0 Å². The molecule has 1 saturated carbocycles. The van der Waals surface area contributed by atoms with E-state index in [4.69, 9.17) is 4.98 Å². The third-order valence-corrected chi connectivity index (χ3v) is 5.63. The van der Waals surface area contributed by atoms with Crippen LogP contribution in [0.25, 0.3) is 0 Å². The normalized spacial score (nSPS) is 18.7. The van der Waals surface area contributed by atoms with E-state index in [0.717, 1.165) is 47.9 Å². The van der Waals surface area contributed by atoms with Gasteiger partial charge in [-0.25, -0.2) is 15.0 Å². The molecule has 0 atom stereocenters. The van der Waals surface area contributed by atoms with Crippen LogP contribution in [0.1, 0.15) is 37.4 Å². The number of piperidine rings is 1. The molecule has 126 valence electrons. The Kier molecular flexibility index (Phi) is 4.39. The third-order valence-electron chi connectivity index (χ3n) is 5.01. The van der Waals surface area contributed by atoms with Gasteiger partial charge < -0.3 is 9.80 Å². The van der Waals surface area contributed by atoms with Crippen LogP contribution in [0, 0.1) is 0 Å². The summed E-state index contributed by atoms with van der Waals surface area (Å²) >= 11 is 3.61. The van der Waals surface area contributed by atoms with E-state index in [1.165, 1.54) is 12.8 Å². The third kappa shape index (κ3) is 3.24. The van der Waals surface area contributed by atoms with E-state index in [1.54, 1.807) is 0 Å². The average Bonchev–Trinajstić information content (AvgIpc) is 3.47. The maximum Gasteiger partial charge on any atom is 0.142 e. The Morgan fingerprint density at radius 1 is 1.08 bits per heavy atom. The van der Waals surface area contributed by atoms with Gasteiger partial charge in [-0.3, -0.25) is 0 Å². The lowest BCUT2D eigenvalue weighted by Gasteiger charge is -2.38. The SMILES string of the molecule is CN(c1ccnc(C2CC2)n1)C1CCN(c2ncccc2Br)CC1. The molecule has 0 amide bonds. The fourth-order valence-corrected chi connectivity index (χ4v) is 3.87. The molecule has 3 heterocycles. The Bertz CT molecular complexity index is 710. The van der Waals surface area contributed by atoms with Crippen LogP contribution in [0.4, 0.5) is 11.6 Å². The van der Waals surface area contributed by atoms with Gasteiger partial charge in [0, 0.05) is 44.5 Å². The highest BCUT2D eigenvalue weighted by atomic mass is 79.9. The molecule has 4 rings (SSSR count). The number of nitrogens with zero attached hydrogens (tertiary/aromatic N) is 5. The van der Waals surface area contributed by atoms with Gasteiger partial charge in [0.15, 0.2) is 0 Å². The number of hydrogen-bond acceptors (Lipinski definition) is 5. The van der Waals surface area contributed by atoms with Crippen molar-refractivity contribution in [3.05, 3.63) is 40.9 Å². The maximum absolute atomic E-state index is 4.78. The molecule has 2 aliphatic rings. The first-order valence-corrected chi connectivity index (χ1v) is 9.43. The van der Waals surface area contributed by atoms with Crippen LogP contribution < -0.4 is 9.80 Å². The molecule has 1 saturated heterocycles. The molecule has 5 nitrogen and oxygen atoms in total. The van der Waals surface area contributed by atoms with Gasteiger partial charge in [-0.2, -0.15) is 0 Å². The summed E-state index contributed by atoms with van der Waals surface area (Å²) < 4.78 is 1.07. The summed E-state index contributed by atoms with van der Waals surface area (Å²) in [5.74, 6) is 3.73. The molecule has 2 aromatic heterocycles. The van der Waals surface area contributed by atoms with E-state index in [9.17, 15) is 0 Å². The van der Waals surface area contributed by atoms with Gasteiger partial charge in [0.25, 0.3) is 0 Å². The average molecular weight is 388 g/mol. The second-order valence-electron chi connectivity index (χ2n) is 6.69. The molecule has 2 aromatic rings. The lowest BCUT2D eigenvalue weighted by molar-refractivity contribution is 0.477. The summed E-state index contributed by atoms with van der Waals surface area (Å²) in [6, 6.07) is 6.57. The first kappa shape index (κ1) is 15.8. The van der Waals surface area contributed by atoms with Crippen LogP contribution in [-0.2, 0) is 0 Å². The topological polar surface area (TPSA) is 45.2 Å². The van der Waals surface area contributed by atoms with E-state index in [1.807, 2.05) is 24.5 Å². The zero-order valence-corrected chi connectivity index (χ0v) is 15.5. The van der Waals surface area contributed by atoms with Crippen LogP contribution >= 0.6 is 15.9 Å². The standard InChI is InChI=1S/C18H22BrN5/c1-23(16-6-10-20-17(22-16)13-4-5-13)14-7-11-24(12-8-14)18-15(19)3-2-9-21-18/h2-3,6,9-10,13-14H,4-5,7-8,11-12H2,1H3. The summed E-state index contributed by atoms with van der Waals surface area (Å²) in [5, 5.41) is 0. The maximum atomic E-state index is 4.78. The molecule has 24 heavy (non-hydrogen) atoms. The summed E-state index contributed by atoms with van der Waals surface area (Å²) in [6.07, 6.45) is 8.48. The summed E-state index contributed by atoms with van der Waals surface area (Å²) in [7, 11) is 2.16. The Morgan fingerprint density at radius 2 is 1.88 bits per heavy atom. The fourth-order valence-electron chi connectivity index (χ4n) is 3.36. The smallest absolute Gasteiger partial charge is 0.142 e. The number of hydrogen-bond donors (Lipinski definition) is 0. The minimum Gasteiger partial charge on any atom is -0.356 e. The van der Waals surface area contributed by atoms with Crippen molar-refractivity contribution >= 4 is 27.6 Å². The number of aromatic nitrogens is 3. The van der Waals surface area contributed by atoms with E-state index in [-0.39, 0.29) is 0 Å². The zero-order valence-electron chi connectivity index (χ0n) is 13.9. The highest BCUT2D eigenvalue weighted by Crippen LogP contribution is 2.38. The Morgan fingerprint density at radius 3 is 2.58 bits per heavy atom. The van der Waals surface area contributed by atoms with E-state index in [0.29, 0.717) is 12.0 Å². The largest absolute Gasteiger partial charge is 0.356 e. The van der Waals surface area contributed by atoms with Crippen LogP contribution in [0.3, 0.4) is 0 Å². The molecular weight excluding hydrogens is 366 g/mol. The predicted molar refractivity (Wildman–Crippen MR) is 99.6 cm³/mol. The highest BCUT2D eigenvalue weighted by Gasteiger charge is 2.28. The number of anilines is 2. The Hall–Kier alpha value is -1.69. The molecule has 0 spiro atoms. The molecule has 1 aliphatic carbocycles. The van der Waals surface area contributed by atoms with Crippen molar-refractivity contribution in [3.8, 4) is 0 Å². The minimum absolute atomic E-state index is 0.519. The molecule has 0 aromatic carbocycles. The van der Waals surface area contributed by atoms with Crippen molar-refractivity contribution in [3.63, 3.8) is 0 Å². The number of halogens is 1. The molecule has 0 bridgehead atoms. The molecule has 0 unspecified atom stereocenters. The first-order valence-electron chi connectivity index (χ1n) is 8.63. The molecule has 1 aliphatic heterocycles. The van der Waals surface area contributed by atoms with Gasteiger partial charge in [0.1, 0.15) is 17.5 Å². The minimum atomic E-state index is 0.519. The van der Waals surface area contributed by atoms with Gasteiger partial charge in [0.05, 0.1) is 4.47 Å². The van der Waals surface area contributed by atoms with Crippen LogP contribution in [0.5, 0.6) is 0 Å². The van der Waals surface area contributed by atoms with Gasteiger partial charge in [0.2, 0.25) is 0 Å². The Labute approximate surface area is 151 Å². The lowest BCUT2D eigenvalue weighted by Crippen LogP contribution is -2.44. The fraction of sp³-hybridized carbons (Fsp3) is 0.500. The van der Waals surface area contributed by atoms with Crippen molar-refractivity contribution in [1.82, 2.24) is 15.0 Å². The summed E-state index contributed by atoms with van der Waals surface area (Å²) in [5.41, 5.74) is 0. The second-order valence-corrected chi connectivity index (χ2v) is 7.54. The molecule has 2 fully saturated rings. The van der Waals surface area contributed by atoms with E-state index in [2.05, 4.69) is 48.8 Å². The number of rotatable bonds is 4. The monoisotopic (exact) mass is 387 g/mol. The van der Waals surface area contributed by atoms with Gasteiger partial charge in [-0.1, -0.05) is 0 Å². The van der Waals surface area contributed by atoms with Crippen LogP contribution in [-0.4, -0.2) is 41.1 Å². The van der Waals surface area contributed by atoms with Gasteiger partial charge in [-0.15, -0.1) is 0 Å². The van der Waals surface area contributed by atoms with Crippen molar-refractivity contribution in [2.45, 2.75) is 37.6 Å². The van der Waals surface area contributed by atoms with Crippen molar-refractivity contribution in [2.75, 3.05) is 29.9 Å². The van der Waals surface area contributed by atoms with Crippen LogP contribution in [0.15, 0.2) is 35.1 Å². The van der Waals surface area contributed by atoms with E-state index >= 15 is 0 Å². The van der Waals surface area contributed by atoms with Crippen LogP contribution in [0.2, 0.25) is 0 Å². The molecular formula is C18H22BrN5. The van der Waals surface area contributed by atoms with Crippen molar-refractivity contribution in [1.29, 1.82) is 0 Å². The van der Waals surface area contributed by atoms with Gasteiger partial charge in [-0.05, 0) is 59.8 Å². The zero-order chi connectivity index (χ0) is 16.5. The lowest BCUT2D eigenvalue weighted by atomic mass is 10.0. The predicted octanol–water partition coefficient (Wildman–Crippen LogP) is 3.62. The first-order chi connectivity index (χ1) is 11.7. The Balaban J connectivity index is 1.42. The summed E-state index contributed by atoms with van der Waals surface area (Å²) in [4.78, 5) is 18.4. The van der Waals surface area contributed by atoms with Crippen molar-refractivity contribution in [2.24, 2.45) is 0 Å². The quantitative estimate of drug-likeness (QED) is 0.801. The molecule has 0 N–H and O–H groups in total. The van der Waals surface area contributed by atoms with E-state index < -0.39 is 0 Å². The summed E-state index contributed by atoms with van der Waals surface area (Å²) in [6.45, 7) is 2.04. The second kappa shape index (κ2) is 6.67. The molecule has 0 radical (unpaired) electrons. The van der Waals surface area contributed by atoms with Gasteiger partial charge >= 0.3 is 0 Å².